The van der Waals surface area contributed by atoms with Gasteiger partial charge in [-0.05, 0) is 6.92 Å². The number of alkyl halides is 3. The lowest BCUT2D eigenvalue weighted by molar-refractivity contribution is -0.275. The van der Waals surface area contributed by atoms with Crippen LogP contribution in [-0.2, 0) is 0 Å². The van der Waals surface area contributed by atoms with Gasteiger partial charge < -0.3 is 4.74 Å². The van der Waals surface area contributed by atoms with Gasteiger partial charge in [-0.2, -0.15) is 0 Å². The van der Waals surface area contributed by atoms with E-state index < -0.39 is 17.9 Å². The largest absolute Gasteiger partial charge is 0.573 e. The van der Waals surface area contributed by atoms with Crippen LogP contribution in [0, 0.1) is 12.7 Å². The zero-order chi connectivity index (χ0) is 10.9. The third-order valence-electron chi connectivity index (χ3n) is 1.38. The molecular weight excluding hydrogens is 226 g/mol. The molecule has 1 rings (SSSR count). The van der Waals surface area contributed by atoms with Crippen molar-refractivity contribution in [2.24, 2.45) is 0 Å². The molecule has 0 N–H and O–H groups in total. The lowest BCUT2D eigenvalue weighted by atomic mass is 10.3. The number of pyridine rings is 1. The quantitative estimate of drug-likeness (QED) is 0.545. The second-order valence-electron chi connectivity index (χ2n) is 2.40. The van der Waals surface area contributed by atoms with E-state index in [-0.39, 0.29) is 10.7 Å². The third kappa shape index (κ3) is 2.47. The molecule has 2 nitrogen and oxygen atoms in total. The van der Waals surface area contributed by atoms with Crippen molar-refractivity contribution in [1.29, 1.82) is 0 Å². The summed E-state index contributed by atoms with van der Waals surface area (Å²) in [5, 5.41) is -0.197. The topological polar surface area (TPSA) is 22.1 Å². The summed E-state index contributed by atoms with van der Waals surface area (Å²) in [6, 6.07) is 0. The first-order valence-electron chi connectivity index (χ1n) is 3.37. The maximum absolute atomic E-state index is 13.0. The Balaban J connectivity index is 3.06. The van der Waals surface area contributed by atoms with Crippen molar-refractivity contribution < 1.29 is 22.3 Å². The molecule has 0 aliphatic heterocycles. The molecule has 0 radical (unpaired) electrons. The molecule has 1 heterocycles. The van der Waals surface area contributed by atoms with E-state index >= 15 is 0 Å². The van der Waals surface area contributed by atoms with Crippen LogP contribution in [0.1, 0.15) is 5.56 Å². The predicted octanol–water partition coefficient (Wildman–Crippen LogP) is 3.08. The first-order chi connectivity index (χ1) is 6.31. The molecule has 0 amide bonds. The average molecular weight is 230 g/mol. The summed E-state index contributed by atoms with van der Waals surface area (Å²) in [6.45, 7) is 1.20. The Morgan fingerprint density at radius 3 is 2.50 bits per heavy atom. The predicted molar refractivity (Wildman–Crippen MR) is 40.6 cm³/mol. The van der Waals surface area contributed by atoms with E-state index in [1.807, 2.05) is 0 Å². The van der Waals surface area contributed by atoms with Gasteiger partial charge >= 0.3 is 6.36 Å². The van der Waals surface area contributed by atoms with Gasteiger partial charge in [-0.3, -0.25) is 0 Å². The van der Waals surface area contributed by atoms with Crippen molar-refractivity contribution in [3.63, 3.8) is 0 Å². The van der Waals surface area contributed by atoms with Crippen molar-refractivity contribution in [2.75, 3.05) is 0 Å². The van der Waals surface area contributed by atoms with Crippen molar-refractivity contribution in [3.05, 3.63) is 22.7 Å². The van der Waals surface area contributed by atoms with Crippen LogP contribution in [-0.4, -0.2) is 11.3 Å². The summed E-state index contributed by atoms with van der Waals surface area (Å²) in [7, 11) is 0. The minimum Gasteiger partial charge on any atom is -0.401 e. The van der Waals surface area contributed by atoms with E-state index in [0.29, 0.717) is 6.20 Å². The molecule has 0 saturated carbocycles. The highest BCUT2D eigenvalue weighted by Crippen LogP contribution is 2.28. The molecule has 78 valence electrons. The molecule has 14 heavy (non-hydrogen) atoms. The number of hydrogen-bond acceptors (Lipinski definition) is 2. The summed E-state index contributed by atoms with van der Waals surface area (Å²) in [4.78, 5) is 3.32. The van der Waals surface area contributed by atoms with Crippen LogP contribution >= 0.6 is 11.6 Å². The Morgan fingerprint density at radius 1 is 1.43 bits per heavy atom. The summed E-state index contributed by atoms with van der Waals surface area (Å²) >= 11 is 5.37. The molecule has 0 unspecified atom stereocenters. The number of ether oxygens (including phenoxy) is 1. The molecule has 0 aliphatic carbocycles. The van der Waals surface area contributed by atoms with Crippen LogP contribution in [0.5, 0.6) is 5.75 Å². The summed E-state index contributed by atoms with van der Waals surface area (Å²) < 4.78 is 51.5. The molecular formula is C7H4ClF4NO. The lowest BCUT2D eigenvalue weighted by Crippen LogP contribution is -2.18. The van der Waals surface area contributed by atoms with Gasteiger partial charge in [-0.25, -0.2) is 9.37 Å². The fourth-order valence-corrected chi connectivity index (χ4v) is 0.872. The highest BCUT2D eigenvalue weighted by atomic mass is 35.5. The van der Waals surface area contributed by atoms with E-state index in [0.717, 1.165) is 0 Å². The summed E-state index contributed by atoms with van der Waals surface area (Å²) in [5.74, 6) is -2.15. The summed E-state index contributed by atoms with van der Waals surface area (Å²) in [6.07, 6.45) is -4.36. The van der Waals surface area contributed by atoms with Gasteiger partial charge in [0, 0.05) is 5.56 Å². The maximum atomic E-state index is 13.0. The van der Waals surface area contributed by atoms with E-state index in [4.69, 9.17) is 11.6 Å². The standard InChI is InChI=1S/C7H4ClF4NO/c1-3-5(9)4(2-13-6(3)8)14-7(10,11)12/h2H,1H3. The van der Waals surface area contributed by atoms with Crippen molar-refractivity contribution in [2.45, 2.75) is 13.3 Å². The highest BCUT2D eigenvalue weighted by molar-refractivity contribution is 6.30. The highest BCUT2D eigenvalue weighted by Gasteiger charge is 2.33. The molecule has 0 aromatic carbocycles. The van der Waals surface area contributed by atoms with Gasteiger partial charge in [-0.1, -0.05) is 11.6 Å². The normalized spacial score (nSPS) is 11.6. The van der Waals surface area contributed by atoms with Crippen molar-refractivity contribution >= 4 is 11.6 Å². The second-order valence-corrected chi connectivity index (χ2v) is 2.76. The fourth-order valence-electron chi connectivity index (χ4n) is 0.740. The molecule has 1 aromatic rings. The maximum Gasteiger partial charge on any atom is 0.573 e. The molecule has 7 heteroatoms. The zero-order valence-electron chi connectivity index (χ0n) is 6.82. The first kappa shape index (κ1) is 11.0. The number of hydrogen-bond donors (Lipinski definition) is 0. The summed E-state index contributed by atoms with van der Waals surface area (Å²) in [5.41, 5.74) is -0.187. The fraction of sp³-hybridized carbons (Fsp3) is 0.286. The number of halogens is 5. The van der Waals surface area contributed by atoms with Gasteiger partial charge in [0.25, 0.3) is 0 Å². The molecule has 0 bridgehead atoms. The van der Waals surface area contributed by atoms with Gasteiger partial charge in [0.05, 0.1) is 6.20 Å². The molecule has 0 fully saturated rings. The SMILES string of the molecule is Cc1c(Cl)ncc(OC(F)(F)F)c1F. The molecule has 0 aliphatic rings. The number of aromatic nitrogens is 1. The van der Waals surface area contributed by atoms with Crippen LogP contribution in [0.4, 0.5) is 17.6 Å². The number of nitrogens with zero attached hydrogens (tertiary/aromatic N) is 1. The Hall–Kier alpha value is -1.04. The molecule has 1 aromatic heterocycles. The molecule has 0 saturated heterocycles. The van der Waals surface area contributed by atoms with Crippen LogP contribution in [0.15, 0.2) is 6.20 Å². The third-order valence-corrected chi connectivity index (χ3v) is 1.76. The first-order valence-corrected chi connectivity index (χ1v) is 3.75. The van der Waals surface area contributed by atoms with Gasteiger partial charge in [0.15, 0.2) is 11.6 Å². The van der Waals surface area contributed by atoms with Crippen molar-refractivity contribution in [1.82, 2.24) is 4.98 Å². The van der Waals surface area contributed by atoms with Gasteiger partial charge in [0.1, 0.15) is 5.15 Å². The second kappa shape index (κ2) is 3.61. The van der Waals surface area contributed by atoms with Gasteiger partial charge in [0.2, 0.25) is 0 Å². The van der Waals surface area contributed by atoms with E-state index in [9.17, 15) is 17.6 Å². The monoisotopic (exact) mass is 229 g/mol. The van der Waals surface area contributed by atoms with E-state index in [1.165, 1.54) is 6.92 Å². The van der Waals surface area contributed by atoms with E-state index in [2.05, 4.69) is 9.72 Å². The Labute approximate surface area is 81.5 Å². The smallest absolute Gasteiger partial charge is 0.401 e. The van der Waals surface area contributed by atoms with Crippen LogP contribution < -0.4 is 4.74 Å². The van der Waals surface area contributed by atoms with Crippen molar-refractivity contribution in [3.8, 4) is 5.75 Å². The van der Waals surface area contributed by atoms with Gasteiger partial charge in [-0.15, -0.1) is 13.2 Å². The minimum absolute atomic E-state index is 0.187. The lowest BCUT2D eigenvalue weighted by Gasteiger charge is -2.10. The van der Waals surface area contributed by atoms with E-state index in [1.54, 1.807) is 0 Å². The Bertz CT molecular complexity index is 352. The Morgan fingerprint density at radius 2 is 2.00 bits per heavy atom. The van der Waals surface area contributed by atoms with Crippen LogP contribution in [0.3, 0.4) is 0 Å². The van der Waals surface area contributed by atoms with Crippen LogP contribution in [0.2, 0.25) is 5.15 Å². The number of rotatable bonds is 1. The molecule has 0 spiro atoms. The van der Waals surface area contributed by atoms with Crippen LogP contribution in [0.25, 0.3) is 0 Å². The zero-order valence-corrected chi connectivity index (χ0v) is 7.58. The molecule has 0 atom stereocenters. The average Bonchev–Trinajstić information content (AvgIpc) is 2.04. The minimum atomic E-state index is -4.94. The Kier molecular flexibility index (Phi) is 2.84.